The van der Waals surface area contributed by atoms with E-state index in [1.807, 2.05) is 6.07 Å². The molecule has 0 aromatic heterocycles. The second-order valence-electron chi connectivity index (χ2n) is 11.0. The van der Waals surface area contributed by atoms with Crippen LogP contribution in [-0.4, -0.2) is 75.4 Å². The van der Waals surface area contributed by atoms with Crippen molar-refractivity contribution >= 4 is 16.1 Å². The molecule has 2 aliphatic carbocycles. The number of benzene rings is 1. The van der Waals surface area contributed by atoms with Crippen molar-refractivity contribution in [1.29, 1.82) is 0 Å². The fraction of sp³-hybridized carbons (Fsp3) is 0.731. The molecule has 1 unspecified atom stereocenters. The number of carbonyl (C=O) groups is 1. The fourth-order valence-electron chi connectivity index (χ4n) is 5.86. The molecular weight excluding hydrogens is 507 g/mol. The summed E-state index contributed by atoms with van der Waals surface area (Å²) in [5, 5.41) is 0. The van der Waals surface area contributed by atoms with Gasteiger partial charge in [0.1, 0.15) is 5.82 Å². The standard InChI is InChI=1S/C26H38F3N3O4S/c1-31(2)37(34,35)30-24-11-13-32(25(33)20-10-12-26(28,29)15-20)16-21(24)17-36-23-8-6-18(7-9-23)19-4-3-5-22(27)14-19/h3-5,14,18,20-21,23-24,30H,6-13,15-17H2,1-2H3/t18?,20?,21-,23?,24-/m0/s1. The summed E-state index contributed by atoms with van der Waals surface area (Å²) < 4.78 is 76.2. The zero-order valence-electron chi connectivity index (χ0n) is 21.5. The lowest BCUT2D eigenvalue weighted by molar-refractivity contribution is -0.139. The first-order valence-electron chi connectivity index (χ1n) is 13.2. The van der Waals surface area contributed by atoms with Crippen molar-refractivity contribution < 1.29 is 31.1 Å². The maximum Gasteiger partial charge on any atom is 0.279 e. The van der Waals surface area contributed by atoms with Gasteiger partial charge in [0, 0.05) is 57.9 Å². The minimum atomic E-state index is -3.69. The van der Waals surface area contributed by atoms with Gasteiger partial charge in [-0.1, -0.05) is 12.1 Å². The van der Waals surface area contributed by atoms with Gasteiger partial charge in [0.05, 0.1) is 12.7 Å². The number of halogens is 3. The minimum absolute atomic E-state index is 0.00415. The summed E-state index contributed by atoms with van der Waals surface area (Å²) in [5.74, 6) is -4.01. The second-order valence-corrected chi connectivity index (χ2v) is 12.9. The Labute approximate surface area is 217 Å². The van der Waals surface area contributed by atoms with Crippen LogP contribution in [0.2, 0.25) is 0 Å². The Balaban J connectivity index is 1.36. The lowest BCUT2D eigenvalue weighted by Crippen LogP contribution is -2.56. The molecule has 0 radical (unpaired) electrons. The van der Waals surface area contributed by atoms with Gasteiger partial charge in [-0.05, 0) is 62.1 Å². The number of rotatable bonds is 8. The van der Waals surface area contributed by atoms with Crippen LogP contribution in [0.3, 0.4) is 0 Å². The summed E-state index contributed by atoms with van der Waals surface area (Å²) in [6.45, 7) is 0.845. The van der Waals surface area contributed by atoms with E-state index >= 15 is 0 Å². The van der Waals surface area contributed by atoms with E-state index in [1.165, 1.54) is 20.2 Å². The predicted molar refractivity (Wildman–Crippen MR) is 134 cm³/mol. The summed E-state index contributed by atoms with van der Waals surface area (Å²) in [7, 11) is -0.793. The molecule has 2 saturated carbocycles. The summed E-state index contributed by atoms with van der Waals surface area (Å²) in [6.07, 6.45) is 3.23. The first-order valence-corrected chi connectivity index (χ1v) is 14.6. The quantitative estimate of drug-likeness (QED) is 0.537. The molecule has 3 atom stereocenters. The average molecular weight is 546 g/mol. The van der Waals surface area contributed by atoms with Crippen LogP contribution in [-0.2, 0) is 19.7 Å². The first-order chi connectivity index (χ1) is 17.4. The minimum Gasteiger partial charge on any atom is -0.378 e. The van der Waals surface area contributed by atoms with Gasteiger partial charge in [-0.2, -0.15) is 17.4 Å². The number of nitrogens with one attached hydrogen (secondary N) is 1. The highest BCUT2D eigenvalue weighted by Crippen LogP contribution is 2.40. The van der Waals surface area contributed by atoms with Crippen LogP contribution in [0.4, 0.5) is 13.2 Å². The van der Waals surface area contributed by atoms with E-state index in [2.05, 4.69) is 4.72 Å². The van der Waals surface area contributed by atoms with Gasteiger partial charge in [-0.3, -0.25) is 4.79 Å². The monoisotopic (exact) mass is 545 g/mol. The van der Waals surface area contributed by atoms with Crippen molar-refractivity contribution in [2.24, 2.45) is 11.8 Å². The molecule has 1 N–H and O–H groups in total. The Morgan fingerprint density at radius 2 is 1.89 bits per heavy atom. The molecule has 3 fully saturated rings. The number of alkyl halides is 2. The van der Waals surface area contributed by atoms with Crippen molar-refractivity contribution in [3.63, 3.8) is 0 Å². The SMILES string of the molecule is CN(C)S(=O)(=O)N[C@H]1CCN(C(=O)C2CCC(F)(F)C2)C[C@H]1COC1CCC(c2cccc(F)c2)CC1. The average Bonchev–Trinajstić information content (AvgIpc) is 3.22. The zero-order valence-corrected chi connectivity index (χ0v) is 22.4. The van der Waals surface area contributed by atoms with Crippen LogP contribution < -0.4 is 4.72 Å². The summed E-state index contributed by atoms with van der Waals surface area (Å²) >= 11 is 0. The zero-order chi connectivity index (χ0) is 26.8. The topological polar surface area (TPSA) is 79.0 Å². The highest BCUT2D eigenvalue weighted by atomic mass is 32.2. The Kier molecular flexibility index (Phi) is 8.87. The predicted octanol–water partition coefficient (Wildman–Crippen LogP) is 3.92. The molecule has 1 aliphatic heterocycles. The molecule has 4 rings (SSSR count). The van der Waals surface area contributed by atoms with Gasteiger partial charge >= 0.3 is 0 Å². The number of carbonyl (C=O) groups excluding carboxylic acids is 1. The third-order valence-corrected chi connectivity index (χ3v) is 9.68. The number of likely N-dealkylation sites (tertiary alicyclic amines) is 1. The lowest BCUT2D eigenvalue weighted by Gasteiger charge is -2.40. The van der Waals surface area contributed by atoms with E-state index in [9.17, 15) is 26.4 Å². The summed E-state index contributed by atoms with van der Waals surface area (Å²) in [6, 6.07) is 6.27. The largest absolute Gasteiger partial charge is 0.378 e. The number of hydrogen-bond donors (Lipinski definition) is 1. The molecule has 11 heteroatoms. The molecular formula is C26H38F3N3O4S. The number of piperidine rings is 1. The van der Waals surface area contributed by atoms with Gasteiger partial charge in [-0.15, -0.1) is 0 Å². The first kappa shape index (κ1) is 28.3. The van der Waals surface area contributed by atoms with Crippen LogP contribution in [0.1, 0.15) is 62.8 Å². The molecule has 7 nitrogen and oxygen atoms in total. The van der Waals surface area contributed by atoms with E-state index in [0.29, 0.717) is 13.0 Å². The highest BCUT2D eigenvalue weighted by Gasteiger charge is 2.45. The number of hydrogen-bond acceptors (Lipinski definition) is 4. The molecule has 0 spiro atoms. The molecule has 208 valence electrons. The van der Waals surface area contributed by atoms with Crippen molar-refractivity contribution in [2.45, 2.75) is 75.4 Å². The van der Waals surface area contributed by atoms with Crippen molar-refractivity contribution in [3.05, 3.63) is 35.6 Å². The van der Waals surface area contributed by atoms with Crippen LogP contribution in [0.25, 0.3) is 0 Å². The Hall–Kier alpha value is -1.69. The normalized spacial score (nSPS) is 30.5. The third-order valence-electron chi connectivity index (χ3n) is 8.12. The van der Waals surface area contributed by atoms with Crippen molar-refractivity contribution in [1.82, 2.24) is 13.9 Å². The second kappa shape index (κ2) is 11.6. The van der Waals surface area contributed by atoms with Gasteiger partial charge in [0.25, 0.3) is 10.2 Å². The number of nitrogens with zero attached hydrogens (tertiary/aromatic N) is 2. The smallest absolute Gasteiger partial charge is 0.279 e. The molecule has 1 aromatic carbocycles. The Morgan fingerprint density at radius 1 is 1.16 bits per heavy atom. The van der Waals surface area contributed by atoms with Crippen LogP contribution in [0, 0.1) is 17.7 Å². The van der Waals surface area contributed by atoms with Crippen LogP contribution in [0.15, 0.2) is 24.3 Å². The van der Waals surface area contributed by atoms with E-state index in [-0.39, 0.29) is 55.7 Å². The molecule has 1 amide bonds. The van der Waals surface area contributed by atoms with E-state index in [1.54, 1.807) is 17.0 Å². The van der Waals surface area contributed by atoms with Gasteiger partial charge in [0.2, 0.25) is 11.8 Å². The molecule has 37 heavy (non-hydrogen) atoms. The van der Waals surface area contributed by atoms with Gasteiger partial charge < -0.3 is 9.64 Å². The molecule has 1 saturated heterocycles. The van der Waals surface area contributed by atoms with Gasteiger partial charge in [-0.25, -0.2) is 13.2 Å². The summed E-state index contributed by atoms with van der Waals surface area (Å²) in [5.41, 5.74) is 0.996. The maximum atomic E-state index is 13.7. The fourth-order valence-corrected chi connectivity index (χ4v) is 6.76. The molecule has 1 heterocycles. The summed E-state index contributed by atoms with van der Waals surface area (Å²) in [4.78, 5) is 14.6. The molecule has 3 aliphatic rings. The van der Waals surface area contributed by atoms with Crippen LogP contribution in [0.5, 0.6) is 0 Å². The molecule has 0 bridgehead atoms. The Morgan fingerprint density at radius 3 is 2.51 bits per heavy atom. The van der Waals surface area contributed by atoms with E-state index < -0.39 is 34.5 Å². The lowest BCUT2D eigenvalue weighted by atomic mass is 9.82. The maximum absolute atomic E-state index is 13.7. The highest BCUT2D eigenvalue weighted by molar-refractivity contribution is 7.87. The van der Waals surface area contributed by atoms with Crippen molar-refractivity contribution in [2.75, 3.05) is 33.8 Å². The van der Waals surface area contributed by atoms with Crippen LogP contribution >= 0.6 is 0 Å². The number of amides is 1. The number of ether oxygens (including phenoxy) is 1. The van der Waals surface area contributed by atoms with E-state index in [4.69, 9.17) is 4.74 Å². The van der Waals surface area contributed by atoms with Gasteiger partial charge in [0.15, 0.2) is 0 Å². The van der Waals surface area contributed by atoms with E-state index in [0.717, 1.165) is 35.6 Å². The van der Waals surface area contributed by atoms with Crippen molar-refractivity contribution in [3.8, 4) is 0 Å². The third kappa shape index (κ3) is 7.25. The Bertz CT molecular complexity index is 1050. The molecule has 1 aromatic rings.